The summed E-state index contributed by atoms with van der Waals surface area (Å²) < 4.78 is 17.5. The Morgan fingerprint density at radius 3 is 2.86 bits per heavy atom. The molecule has 0 aliphatic carbocycles. The number of hydrogen-bond acceptors (Lipinski definition) is 2. The SMILES string of the molecule is COCC(=O)Cc1cc(F)ccc1C. The summed E-state index contributed by atoms with van der Waals surface area (Å²) in [4.78, 5) is 11.2. The van der Waals surface area contributed by atoms with Crippen molar-refractivity contribution in [3.05, 3.63) is 35.1 Å². The van der Waals surface area contributed by atoms with Crippen molar-refractivity contribution in [1.29, 1.82) is 0 Å². The van der Waals surface area contributed by atoms with Gasteiger partial charge in [0.2, 0.25) is 0 Å². The van der Waals surface area contributed by atoms with Crippen LogP contribution in [0.1, 0.15) is 11.1 Å². The second-order valence-electron chi connectivity index (χ2n) is 3.22. The molecule has 0 saturated heterocycles. The molecule has 0 heterocycles. The first kappa shape index (κ1) is 10.9. The maximum Gasteiger partial charge on any atom is 0.162 e. The Morgan fingerprint density at radius 1 is 1.50 bits per heavy atom. The molecule has 0 aliphatic heterocycles. The summed E-state index contributed by atoms with van der Waals surface area (Å²) in [7, 11) is 1.47. The zero-order chi connectivity index (χ0) is 10.6. The Kier molecular flexibility index (Phi) is 3.77. The number of methoxy groups -OCH3 is 1. The van der Waals surface area contributed by atoms with E-state index >= 15 is 0 Å². The number of Topliss-reactive ketones (excluding diaryl/α,β-unsaturated/α-hetero) is 1. The van der Waals surface area contributed by atoms with E-state index < -0.39 is 0 Å². The minimum Gasteiger partial charge on any atom is -0.377 e. The molecule has 0 amide bonds. The number of carbonyl (C=O) groups excluding carboxylic acids is 1. The molecule has 0 fully saturated rings. The molecule has 1 aromatic carbocycles. The van der Waals surface area contributed by atoms with Crippen LogP contribution in [0.5, 0.6) is 0 Å². The fourth-order valence-electron chi connectivity index (χ4n) is 1.25. The average molecular weight is 196 g/mol. The Bertz CT molecular complexity index is 334. The van der Waals surface area contributed by atoms with Crippen molar-refractivity contribution >= 4 is 5.78 Å². The first-order valence-corrected chi connectivity index (χ1v) is 4.39. The van der Waals surface area contributed by atoms with E-state index in [-0.39, 0.29) is 24.6 Å². The highest BCUT2D eigenvalue weighted by molar-refractivity contribution is 5.82. The third-order valence-corrected chi connectivity index (χ3v) is 2.00. The summed E-state index contributed by atoms with van der Waals surface area (Å²) in [6, 6.07) is 4.45. The number of carbonyl (C=O) groups is 1. The topological polar surface area (TPSA) is 26.3 Å². The fourth-order valence-corrected chi connectivity index (χ4v) is 1.25. The van der Waals surface area contributed by atoms with Gasteiger partial charge in [-0.15, -0.1) is 0 Å². The minimum atomic E-state index is -0.309. The van der Waals surface area contributed by atoms with Gasteiger partial charge in [0.15, 0.2) is 5.78 Å². The molecule has 3 heteroatoms. The van der Waals surface area contributed by atoms with Crippen molar-refractivity contribution in [2.45, 2.75) is 13.3 Å². The molecule has 0 bridgehead atoms. The van der Waals surface area contributed by atoms with Crippen LogP contribution in [0.4, 0.5) is 4.39 Å². The van der Waals surface area contributed by atoms with Gasteiger partial charge in [0.1, 0.15) is 12.4 Å². The lowest BCUT2D eigenvalue weighted by molar-refractivity contribution is -0.121. The molecule has 0 aliphatic rings. The van der Waals surface area contributed by atoms with E-state index in [1.165, 1.54) is 19.2 Å². The lowest BCUT2D eigenvalue weighted by Gasteiger charge is -2.04. The maximum atomic E-state index is 12.8. The number of ketones is 1. The molecule has 0 N–H and O–H groups in total. The molecule has 0 atom stereocenters. The molecular formula is C11H13FO2. The van der Waals surface area contributed by atoms with Crippen LogP contribution in [-0.4, -0.2) is 19.5 Å². The molecule has 0 aromatic heterocycles. The van der Waals surface area contributed by atoms with E-state index in [0.717, 1.165) is 11.1 Å². The Hall–Kier alpha value is -1.22. The van der Waals surface area contributed by atoms with Gasteiger partial charge >= 0.3 is 0 Å². The summed E-state index contributed by atoms with van der Waals surface area (Å²) in [6.45, 7) is 1.94. The van der Waals surface area contributed by atoms with E-state index in [9.17, 15) is 9.18 Å². The number of ether oxygens (including phenoxy) is 1. The van der Waals surface area contributed by atoms with E-state index in [2.05, 4.69) is 0 Å². The van der Waals surface area contributed by atoms with Crippen molar-refractivity contribution < 1.29 is 13.9 Å². The van der Waals surface area contributed by atoms with Gasteiger partial charge in [-0.25, -0.2) is 4.39 Å². The van der Waals surface area contributed by atoms with E-state index in [4.69, 9.17) is 4.74 Å². The third-order valence-electron chi connectivity index (χ3n) is 2.00. The van der Waals surface area contributed by atoms with Crippen LogP contribution in [0.15, 0.2) is 18.2 Å². The van der Waals surface area contributed by atoms with E-state index in [0.29, 0.717) is 0 Å². The highest BCUT2D eigenvalue weighted by Gasteiger charge is 2.06. The monoisotopic (exact) mass is 196 g/mol. The number of aryl methyl sites for hydroxylation is 1. The summed E-state index contributed by atoms with van der Waals surface area (Å²) in [5, 5.41) is 0. The van der Waals surface area contributed by atoms with Gasteiger partial charge < -0.3 is 4.74 Å². The largest absolute Gasteiger partial charge is 0.377 e. The average Bonchev–Trinajstić information content (AvgIpc) is 2.12. The normalized spacial score (nSPS) is 10.2. The molecule has 0 unspecified atom stereocenters. The van der Waals surface area contributed by atoms with Crippen LogP contribution >= 0.6 is 0 Å². The summed E-state index contributed by atoms with van der Waals surface area (Å²) in [6.07, 6.45) is 0.234. The van der Waals surface area contributed by atoms with Crippen LogP contribution < -0.4 is 0 Å². The van der Waals surface area contributed by atoms with Crippen LogP contribution in [0.25, 0.3) is 0 Å². The molecule has 76 valence electrons. The van der Waals surface area contributed by atoms with Crippen LogP contribution in [0.3, 0.4) is 0 Å². The van der Waals surface area contributed by atoms with Crippen LogP contribution in [0, 0.1) is 12.7 Å². The van der Waals surface area contributed by atoms with E-state index in [1.807, 2.05) is 6.92 Å². The van der Waals surface area contributed by atoms with E-state index in [1.54, 1.807) is 6.07 Å². The maximum absolute atomic E-state index is 12.8. The quantitative estimate of drug-likeness (QED) is 0.735. The minimum absolute atomic E-state index is 0.0406. The number of benzene rings is 1. The number of rotatable bonds is 4. The lowest BCUT2D eigenvalue weighted by Crippen LogP contribution is -2.10. The Labute approximate surface area is 82.7 Å². The zero-order valence-corrected chi connectivity index (χ0v) is 8.34. The van der Waals surface area contributed by atoms with Crippen molar-refractivity contribution in [3.8, 4) is 0 Å². The second-order valence-corrected chi connectivity index (χ2v) is 3.22. The van der Waals surface area contributed by atoms with Crippen LogP contribution in [0.2, 0.25) is 0 Å². The van der Waals surface area contributed by atoms with Gasteiger partial charge in [-0.1, -0.05) is 6.07 Å². The standard InChI is InChI=1S/C11H13FO2/c1-8-3-4-10(12)5-9(8)6-11(13)7-14-2/h3-5H,6-7H2,1-2H3. The highest BCUT2D eigenvalue weighted by Crippen LogP contribution is 2.11. The van der Waals surface area contributed by atoms with Crippen molar-refractivity contribution in [1.82, 2.24) is 0 Å². The Morgan fingerprint density at radius 2 is 2.21 bits per heavy atom. The van der Waals surface area contributed by atoms with Gasteiger partial charge in [0.25, 0.3) is 0 Å². The molecule has 14 heavy (non-hydrogen) atoms. The fraction of sp³-hybridized carbons (Fsp3) is 0.364. The van der Waals surface area contributed by atoms with Gasteiger partial charge in [0.05, 0.1) is 0 Å². The van der Waals surface area contributed by atoms with Gasteiger partial charge in [0, 0.05) is 13.5 Å². The lowest BCUT2D eigenvalue weighted by atomic mass is 10.0. The molecule has 0 radical (unpaired) electrons. The summed E-state index contributed by atoms with van der Waals surface area (Å²) >= 11 is 0. The number of halogens is 1. The van der Waals surface area contributed by atoms with Gasteiger partial charge in [-0.2, -0.15) is 0 Å². The zero-order valence-electron chi connectivity index (χ0n) is 8.34. The smallest absolute Gasteiger partial charge is 0.162 e. The van der Waals surface area contributed by atoms with Crippen LogP contribution in [-0.2, 0) is 16.0 Å². The first-order valence-electron chi connectivity index (χ1n) is 4.39. The summed E-state index contributed by atoms with van der Waals surface area (Å²) in [5.74, 6) is -0.350. The molecule has 2 nitrogen and oxygen atoms in total. The van der Waals surface area contributed by atoms with Gasteiger partial charge in [-0.05, 0) is 30.2 Å². The molecule has 1 aromatic rings. The predicted molar refractivity (Wildman–Crippen MR) is 51.7 cm³/mol. The van der Waals surface area contributed by atoms with Gasteiger partial charge in [-0.3, -0.25) is 4.79 Å². The summed E-state index contributed by atoms with van der Waals surface area (Å²) in [5.41, 5.74) is 1.66. The number of hydrogen-bond donors (Lipinski definition) is 0. The predicted octanol–water partition coefficient (Wildman–Crippen LogP) is 1.89. The molecule has 0 saturated carbocycles. The second kappa shape index (κ2) is 4.86. The van der Waals surface area contributed by atoms with Crippen molar-refractivity contribution in [2.24, 2.45) is 0 Å². The molecule has 1 rings (SSSR count). The third kappa shape index (κ3) is 2.92. The molecule has 0 spiro atoms. The molecular weight excluding hydrogens is 183 g/mol. The first-order chi connectivity index (χ1) is 6.63. The highest BCUT2D eigenvalue weighted by atomic mass is 19.1. The van der Waals surface area contributed by atoms with Crippen molar-refractivity contribution in [2.75, 3.05) is 13.7 Å². The Balaban J connectivity index is 2.75. The van der Waals surface area contributed by atoms with Crippen molar-refractivity contribution in [3.63, 3.8) is 0 Å².